The molecule has 6 heteroatoms. The topological polar surface area (TPSA) is 46.8 Å². The summed E-state index contributed by atoms with van der Waals surface area (Å²) in [6.07, 6.45) is 7.97. The molecule has 1 aliphatic heterocycles. The van der Waals surface area contributed by atoms with Crippen LogP contribution in [0, 0.1) is 5.92 Å². The van der Waals surface area contributed by atoms with E-state index >= 15 is 0 Å². The first kappa shape index (κ1) is 12.6. The largest absolute Gasteiger partial charge is 0.356 e. The maximum Gasteiger partial charge on any atom is 0.128 e. The molecule has 1 atom stereocenters. The van der Waals surface area contributed by atoms with E-state index in [9.17, 15) is 0 Å². The van der Waals surface area contributed by atoms with Crippen LogP contribution in [0.1, 0.15) is 12.8 Å². The molecule has 3 rings (SSSR count). The van der Waals surface area contributed by atoms with Gasteiger partial charge in [-0.05, 0) is 46.8 Å². The molecular formula is C13H16BrN5. The molecule has 19 heavy (non-hydrogen) atoms. The first-order valence-corrected chi connectivity index (χ1v) is 7.31. The highest BCUT2D eigenvalue weighted by Gasteiger charge is 2.21. The van der Waals surface area contributed by atoms with E-state index in [1.54, 1.807) is 6.20 Å². The van der Waals surface area contributed by atoms with Crippen molar-refractivity contribution in [1.29, 1.82) is 0 Å². The summed E-state index contributed by atoms with van der Waals surface area (Å²) >= 11 is 3.42. The van der Waals surface area contributed by atoms with Crippen LogP contribution in [-0.2, 0) is 6.54 Å². The average molecular weight is 322 g/mol. The number of halogens is 1. The summed E-state index contributed by atoms with van der Waals surface area (Å²) in [6.45, 7) is 3.06. The summed E-state index contributed by atoms with van der Waals surface area (Å²) in [6, 6.07) is 4.12. The summed E-state index contributed by atoms with van der Waals surface area (Å²) in [5.41, 5.74) is 0. The minimum Gasteiger partial charge on any atom is -0.356 e. The molecule has 1 aliphatic rings. The number of nitrogens with zero attached hydrogens (tertiary/aromatic N) is 5. The van der Waals surface area contributed by atoms with Crippen molar-refractivity contribution in [3.8, 4) is 0 Å². The first-order valence-electron chi connectivity index (χ1n) is 6.52. The molecule has 0 spiro atoms. The zero-order valence-electron chi connectivity index (χ0n) is 10.6. The predicted molar refractivity (Wildman–Crippen MR) is 76.9 cm³/mol. The van der Waals surface area contributed by atoms with E-state index in [2.05, 4.69) is 42.2 Å². The van der Waals surface area contributed by atoms with Crippen molar-refractivity contribution in [3.63, 3.8) is 0 Å². The molecule has 0 saturated carbocycles. The van der Waals surface area contributed by atoms with Gasteiger partial charge in [0, 0.05) is 36.5 Å². The Morgan fingerprint density at radius 1 is 1.37 bits per heavy atom. The monoisotopic (exact) mass is 321 g/mol. The molecule has 0 N–H and O–H groups in total. The van der Waals surface area contributed by atoms with Crippen LogP contribution >= 0.6 is 15.9 Å². The van der Waals surface area contributed by atoms with E-state index in [0.717, 1.165) is 29.9 Å². The van der Waals surface area contributed by atoms with Crippen molar-refractivity contribution < 1.29 is 0 Å². The van der Waals surface area contributed by atoms with E-state index < -0.39 is 0 Å². The molecule has 0 radical (unpaired) electrons. The maximum atomic E-state index is 4.48. The first-order chi connectivity index (χ1) is 9.31. The van der Waals surface area contributed by atoms with Crippen LogP contribution < -0.4 is 4.90 Å². The Balaban J connectivity index is 1.66. The summed E-state index contributed by atoms with van der Waals surface area (Å²) in [7, 11) is 0. The van der Waals surface area contributed by atoms with Crippen molar-refractivity contribution in [2.75, 3.05) is 18.0 Å². The number of aromatic nitrogens is 4. The van der Waals surface area contributed by atoms with Gasteiger partial charge in [0.25, 0.3) is 0 Å². The Bertz CT molecular complexity index is 510. The van der Waals surface area contributed by atoms with Crippen LogP contribution in [0.2, 0.25) is 0 Å². The number of rotatable bonds is 3. The number of pyridine rings is 1. The SMILES string of the molecule is Brc1ccc(N2CCCC(Cn3ccnn3)C2)nc1. The third kappa shape index (κ3) is 3.12. The van der Waals surface area contributed by atoms with E-state index in [-0.39, 0.29) is 0 Å². The molecule has 100 valence electrons. The van der Waals surface area contributed by atoms with Gasteiger partial charge in [-0.2, -0.15) is 0 Å². The molecule has 2 aromatic heterocycles. The maximum absolute atomic E-state index is 4.48. The van der Waals surface area contributed by atoms with E-state index in [1.807, 2.05) is 23.1 Å². The van der Waals surface area contributed by atoms with E-state index in [4.69, 9.17) is 0 Å². The molecule has 0 aliphatic carbocycles. The summed E-state index contributed by atoms with van der Waals surface area (Å²) in [5.74, 6) is 1.67. The Morgan fingerprint density at radius 3 is 3.05 bits per heavy atom. The molecule has 3 heterocycles. The van der Waals surface area contributed by atoms with Gasteiger partial charge in [0.05, 0.1) is 6.20 Å². The molecule has 2 aromatic rings. The summed E-state index contributed by atoms with van der Waals surface area (Å²) in [4.78, 5) is 6.84. The van der Waals surface area contributed by atoms with Crippen molar-refractivity contribution in [1.82, 2.24) is 20.0 Å². The van der Waals surface area contributed by atoms with E-state index in [1.165, 1.54) is 12.8 Å². The van der Waals surface area contributed by atoms with Crippen molar-refractivity contribution in [2.45, 2.75) is 19.4 Å². The lowest BCUT2D eigenvalue weighted by Crippen LogP contribution is -2.37. The van der Waals surface area contributed by atoms with Crippen molar-refractivity contribution >= 4 is 21.7 Å². The normalized spacial score (nSPS) is 19.6. The third-order valence-corrected chi connectivity index (χ3v) is 3.94. The lowest BCUT2D eigenvalue weighted by Gasteiger charge is -2.33. The number of hydrogen-bond donors (Lipinski definition) is 0. The lowest BCUT2D eigenvalue weighted by atomic mass is 9.98. The fourth-order valence-corrected chi connectivity index (χ4v) is 2.81. The minimum absolute atomic E-state index is 0.612. The molecule has 1 fully saturated rings. The van der Waals surface area contributed by atoms with Crippen molar-refractivity contribution in [2.24, 2.45) is 5.92 Å². The van der Waals surface area contributed by atoms with Gasteiger partial charge in [0.1, 0.15) is 5.82 Å². The number of hydrogen-bond acceptors (Lipinski definition) is 4. The van der Waals surface area contributed by atoms with E-state index in [0.29, 0.717) is 5.92 Å². The minimum atomic E-state index is 0.612. The highest BCUT2D eigenvalue weighted by Crippen LogP contribution is 2.23. The van der Waals surface area contributed by atoms with Gasteiger partial charge in [-0.25, -0.2) is 4.98 Å². The van der Waals surface area contributed by atoms with Gasteiger partial charge in [-0.15, -0.1) is 5.10 Å². The molecular weight excluding hydrogens is 306 g/mol. The Morgan fingerprint density at radius 2 is 2.32 bits per heavy atom. The van der Waals surface area contributed by atoms with Crippen LogP contribution in [0.25, 0.3) is 0 Å². The summed E-state index contributed by atoms with van der Waals surface area (Å²) < 4.78 is 2.94. The Kier molecular flexibility index (Phi) is 3.77. The predicted octanol–water partition coefficient (Wildman–Crippen LogP) is 2.35. The standard InChI is InChI=1S/C13H16BrN5/c14-12-3-4-13(15-8-12)18-6-1-2-11(9-18)10-19-7-5-16-17-19/h3-5,7-8,11H,1-2,6,9-10H2. The van der Waals surface area contributed by atoms with Crippen LogP contribution in [0.5, 0.6) is 0 Å². The second kappa shape index (κ2) is 5.69. The molecule has 0 aromatic carbocycles. The van der Waals surface area contributed by atoms with Crippen molar-refractivity contribution in [3.05, 3.63) is 35.2 Å². The highest BCUT2D eigenvalue weighted by molar-refractivity contribution is 9.10. The smallest absolute Gasteiger partial charge is 0.128 e. The summed E-state index contributed by atoms with van der Waals surface area (Å²) in [5, 5.41) is 7.90. The Hall–Kier alpha value is -1.43. The van der Waals surface area contributed by atoms with Crippen LogP contribution in [-0.4, -0.2) is 33.1 Å². The van der Waals surface area contributed by atoms with Crippen LogP contribution in [0.4, 0.5) is 5.82 Å². The van der Waals surface area contributed by atoms with Gasteiger partial charge < -0.3 is 4.90 Å². The Labute approximate surface area is 120 Å². The second-order valence-electron chi connectivity index (χ2n) is 4.91. The van der Waals surface area contributed by atoms with Gasteiger partial charge in [-0.3, -0.25) is 4.68 Å². The zero-order valence-corrected chi connectivity index (χ0v) is 12.2. The van der Waals surface area contributed by atoms with Gasteiger partial charge >= 0.3 is 0 Å². The van der Waals surface area contributed by atoms with Crippen LogP contribution in [0.3, 0.4) is 0 Å². The fraction of sp³-hybridized carbons (Fsp3) is 0.462. The number of piperidine rings is 1. The quantitative estimate of drug-likeness (QED) is 0.870. The molecule has 1 unspecified atom stereocenters. The van der Waals surface area contributed by atoms with Crippen LogP contribution in [0.15, 0.2) is 35.2 Å². The number of anilines is 1. The molecule has 5 nitrogen and oxygen atoms in total. The zero-order chi connectivity index (χ0) is 13.1. The average Bonchev–Trinajstić information content (AvgIpc) is 2.93. The van der Waals surface area contributed by atoms with Gasteiger partial charge in [0.2, 0.25) is 0 Å². The van der Waals surface area contributed by atoms with Gasteiger partial charge in [-0.1, -0.05) is 5.21 Å². The lowest BCUT2D eigenvalue weighted by molar-refractivity contribution is 0.347. The highest BCUT2D eigenvalue weighted by atomic mass is 79.9. The molecule has 0 amide bonds. The second-order valence-corrected chi connectivity index (χ2v) is 5.83. The third-order valence-electron chi connectivity index (χ3n) is 3.47. The fourth-order valence-electron chi connectivity index (χ4n) is 2.57. The van der Waals surface area contributed by atoms with Gasteiger partial charge in [0.15, 0.2) is 0 Å². The molecule has 0 bridgehead atoms. The molecule has 1 saturated heterocycles.